The number of rotatable bonds is 4. The molecule has 19 heavy (non-hydrogen) atoms. The largest absolute Gasteiger partial charge is 0.389 e. The summed E-state index contributed by atoms with van der Waals surface area (Å²) in [6.07, 6.45) is 2.89. The van der Waals surface area contributed by atoms with E-state index in [-0.39, 0.29) is 11.5 Å². The summed E-state index contributed by atoms with van der Waals surface area (Å²) in [5.41, 5.74) is -0.658. The van der Waals surface area contributed by atoms with Crippen molar-refractivity contribution in [3.05, 3.63) is 17.5 Å². The number of aromatic nitrogens is 1. The molecule has 0 saturated heterocycles. The minimum absolute atomic E-state index is 0.164. The summed E-state index contributed by atoms with van der Waals surface area (Å²) in [6.45, 7) is 3.85. The lowest BCUT2D eigenvalue weighted by molar-refractivity contribution is 0.0135. The van der Waals surface area contributed by atoms with Crippen LogP contribution in [0.4, 0.5) is 0 Å². The van der Waals surface area contributed by atoms with E-state index >= 15 is 0 Å². The smallest absolute Gasteiger partial charge is 0.158 e. The first-order valence-corrected chi connectivity index (χ1v) is 8.45. The van der Waals surface area contributed by atoms with Crippen molar-refractivity contribution in [1.29, 1.82) is 0 Å². The van der Waals surface area contributed by atoms with E-state index < -0.39 is 15.4 Å². The van der Waals surface area contributed by atoms with Gasteiger partial charge in [-0.1, -0.05) is 12.1 Å². The molecule has 1 saturated carbocycles. The van der Waals surface area contributed by atoms with E-state index in [2.05, 4.69) is 12.1 Å². The first kappa shape index (κ1) is 14.5. The number of nitrogens with zero attached hydrogens (tertiary/aromatic N) is 1. The highest BCUT2D eigenvalue weighted by Gasteiger charge is 2.36. The third-order valence-electron chi connectivity index (χ3n) is 3.74. The van der Waals surface area contributed by atoms with E-state index in [0.29, 0.717) is 30.2 Å². The van der Waals surface area contributed by atoms with Gasteiger partial charge in [0.1, 0.15) is 5.76 Å². The van der Waals surface area contributed by atoms with E-state index in [1.165, 1.54) is 0 Å². The normalized spacial score (nSPS) is 28.5. The van der Waals surface area contributed by atoms with E-state index in [1.54, 1.807) is 13.0 Å². The molecule has 6 heteroatoms. The van der Waals surface area contributed by atoms with Crippen LogP contribution in [0.3, 0.4) is 0 Å². The molecule has 1 N–H and O–H groups in total. The van der Waals surface area contributed by atoms with Crippen LogP contribution in [0.2, 0.25) is 0 Å². The van der Waals surface area contributed by atoms with Gasteiger partial charge in [0.25, 0.3) is 0 Å². The number of sulfone groups is 1. The molecule has 1 aromatic heterocycles. The Morgan fingerprint density at radius 3 is 2.63 bits per heavy atom. The summed E-state index contributed by atoms with van der Waals surface area (Å²) in [4.78, 5) is 0. The van der Waals surface area contributed by atoms with Crippen LogP contribution in [0.5, 0.6) is 0 Å². The van der Waals surface area contributed by atoms with Gasteiger partial charge in [0.05, 0.1) is 22.8 Å². The van der Waals surface area contributed by atoms with Gasteiger partial charge in [0.15, 0.2) is 9.84 Å². The minimum atomic E-state index is -3.37. The topological polar surface area (TPSA) is 80.4 Å². The second kappa shape index (κ2) is 5.25. The average molecular weight is 287 g/mol. The molecule has 0 spiro atoms. The highest BCUT2D eigenvalue weighted by Crippen LogP contribution is 2.33. The van der Waals surface area contributed by atoms with Gasteiger partial charge < -0.3 is 9.63 Å². The number of aryl methyl sites for hydroxylation is 1. The Kier molecular flexibility index (Phi) is 4.01. The van der Waals surface area contributed by atoms with Crippen LogP contribution in [0.1, 0.15) is 44.1 Å². The van der Waals surface area contributed by atoms with Crippen molar-refractivity contribution >= 4 is 9.84 Å². The lowest BCUT2D eigenvalue weighted by Crippen LogP contribution is -2.40. The molecule has 5 nitrogen and oxygen atoms in total. The molecule has 0 amide bonds. The SMILES string of the molecule is Cc1cc(CS(=O)(=O)CC2(O)CCC(C)CC2)no1. The van der Waals surface area contributed by atoms with Crippen molar-refractivity contribution in [3.63, 3.8) is 0 Å². The number of hydrogen-bond acceptors (Lipinski definition) is 5. The molecular formula is C13H21NO4S. The van der Waals surface area contributed by atoms with Gasteiger partial charge in [0.2, 0.25) is 0 Å². The maximum atomic E-state index is 12.1. The minimum Gasteiger partial charge on any atom is -0.389 e. The van der Waals surface area contributed by atoms with Crippen molar-refractivity contribution < 1.29 is 18.0 Å². The predicted octanol–water partition coefficient (Wildman–Crippen LogP) is 1.84. The summed E-state index contributed by atoms with van der Waals surface area (Å²) >= 11 is 0. The Hall–Kier alpha value is -0.880. The standard InChI is InChI=1S/C13H21NO4S/c1-10-3-5-13(15,6-4-10)9-19(16,17)8-12-7-11(2)18-14-12/h7,10,15H,3-6,8-9H2,1-2H3. The molecule has 1 aromatic rings. The first-order chi connectivity index (χ1) is 8.78. The second-order valence-corrected chi connectivity index (χ2v) is 7.93. The predicted molar refractivity (Wildman–Crippen MR) is 71.3 cm³/mol. The van der Waals surface area contributed by atoms with E-state index in [1.807, 2.05) is 0 Å². The summed E-state index contributed by atoms with van der Waals surface area (Å²) in [7, 11) is -3.37. The zero-order chi connectivity index (χ0) is 14.1. The van der Waals surface area contributed by atoms with Crippen LogP contribution in [-0.2, 0) is 15.6 Å². The summed E-state index contributed by atoms with van der Waals surface area (Å²) in [5.74, 6) is 0.817. The highest BCUT2D eigenvalue weighted by molar-refractivity contribution is 7.90. The zero-order valence-electron chi connectivity index (χ0n) is 11.4. The second-order valence-electron chi connectivity index (χ2n) is 5.87. The number of aliphatic hydroxyl groups is 1. The van der Waals surface area contributed by atoms with Gasteiger partial charge in [-0.25, -0.2) is 8.42 Å². The van der Waals surface area contributed by atoms with Gasteiger partial charge in [-0.3, -0.25) is 0 Å². The van der Waals surface area contributed by atoms with Crippen LogP contribution in [0, 0.1) is 12.8 Å². The van der Waals surface area contributed by atoms with Crippen LogP contribution >= 0.6 is 0 Å². The molecule has 1 aliphatic rings. The molecule has 0 unspecified atom stereocenters. The Bertz CT molecular complexity index is 527. The molecule has 0 radical (unpaired) electrons. The van der Waals surface area contributed by atoms with Crippen molar-refractivity contribution in [2.24, 2.45) is 5.92 Å². The van der Waals surface area contributed by atoms with Crippen LogP contribution in [-0.4, -0.2) is 30.0 Å². The van der Waals surface area contributed by atoms with Gasteiger partial charge in [-0.15, -0.1) is 0 Å². The molecule has 0 aromatic carbocycles. The fraction of sp³-hybridized carbons (Fsp3) is 0.769. The molecule has 0 atom stereocenters. The summed E-state index contributed by atoms with van der Waals surface area (Å²) in [6, 6.07) is 1.62. The Labute approximate surface area is 113 Å². The number of hydrogen-bond donors (Lipinski definition) is 1. The van der Waals surface area contributed by atoms with Crippen molar-refractivity contribution in [3.8, 4) is 0 Å². The monoisotopic (exact) mass is 287 g/mol. The fourth-order valence-corrected chi connectivity index (χ4v) is 4.41. The lowest BCUT2D eigenvalue weighted by Gasteiger charge is -2.34. The van der Waals surface area contributed by atoms with Crippen LogP contribution < -0.4 is 0 Å². The van der Waals surface area contributed by atoms with Crippen molar-refractivity contribution in [2.75, 3.05) is 5.75 Å². The molecule has 108 valence electrons. The van der Waals surface area contributed by atoms with Gasteiger partial charge in [-0.2, -0.15) is 0 Å². The summed E-state index contributed by atoms with van der Waals surface area (Å²) in [5, 5.41) is 14.1. The molecule has 1 aliphatic carbocycles. The van der Waals surface area contributed by atoms with Crippen LogP contribution in [0.25, 0.3) is 0 Å². The summed E-state index contributed by atoms with van der Waals surface area (Å²) < 4.78 is 29.1. The first-order valence-electron chi connectivity index (χ1n) is 6.63. The Morgan fingerprint density at radius 1 is 1.47 bits per heavy atom. The van der Waals surface area contributed by atoms with Gasteiger partial charge in [0, 0.05) is 6.07 Å². The molecule has 1 heterocycles. The third kappa shape index (κ3) is 4.04. The maximum Gasteiger partial charge on any atom is 0.158 e. The highest BCUT2D eigenvalue weighted by atomic mass is 32.2. The zero-order valence-corrected chi connectivity index (χ0v) is 12.2. The molecular weight excluding hydrogens is 266 g/mol. The fourth-order valence-electron chi connectivity index (χ4n) is 2.62. The van der Waals surface area contributed by atoms with Gasteiger partial charge in [-0.05, 0) is 38.5 Å². The molecule has 2 rings (SSSR count). The van der Waals surface area contributed by atoms with Crippen molar-refractivity contribution in [2.45, 2.75) is 50.9 Å². The third-order valence-corrected chi connectivity index (χ3v) is 5.45. The van der Waals surface area contributed by atoms with Crippen molar-refractivity contribution in [1.82, 2.24) is 5.16 Å². The lowest BCUT2D eigenvalue weighted by atomic mass is 9.81. The van der Waals surface area contributed by atoms with Gasteiger partial charge >= 0.3 is 0 Å². The van der Waals surface area contributed by atoms with Crippen LogP contribution in [0.15, 0.2) is 10.6 Å². The molecule has 0 aliphatic heterocycles. The Balaban J connectivity index is 2.01. The average Bonchev–Trinajstić information content (AvgIpc) is 2.67. The Morgan fingerprint density at radius 2 is 2.11 bits per heavy atom. The molecule has 1 fully saturated rings. The quantitative estimate of drug-likeness (QED) is 0.914. The maximum absolute atomic E-state index is 12.1. The van der Waals surface area contributed by atoms with E-state index in [4.69, 9.17) is 4.52 Å². The van der Waals surface area contributed by atoms with E-state index in [0.717, 1.165) is 12.8 Å². The molecule has 0 bridgehead atoms. The van der Waals surface area contributed by atoms with E-state index in [9.17, 15) is 13.5 Å².